The summed E-state index contributed by atoms with van der Waals surface area (Å²) in [6.07, 6.45) is 0.773. The molecule has 1 aromatic rings. The lowest BCUT2D eigenvalue weighted by Gasteiger charge is -2.33. The van der Waals surface area contributed by atoms with Crippen LogP contribution in [-0.2, 0) is 10.0 Å². The van der Waals surface area contributed by atoms with E-state index in [-0.39, 0.29) is 23.5 Å². The highest BCUT2D eigenvalue weighted by atomic mass is 32.2. The van der Waals surface area contributed by atoms with E-state index in [2.05, 4.69) is 0 Å². The van der Waals surface area contributed by atoms with Crippen LogP contribution in [0.2, 0.25) is 0 Å². The van der Waals surface area contributed by atoms with Gasteiger partial charge in [0.25, 0.3) is 5.69 Å². The Bertz CT molecular complexity index is 610. The zero-order valence-corrected chi connectivity index (χ0v) is 11.8. The van der Waals surface area contributed by atoms with E-state index in [0.29, 0.717) is 12.8 Å². The summed E-state index contributed by atoms with van der Waals surface area (Å²) in [6, 6.07) is 5.30. The Labute approximate surface area is 117 Å². The first-order chi connectivity index (χ1) is 9.32. The number of sulfonamides is 1. The van der Waals surface area contributed by atoms with Crippen LogP contribution in [0.15, 0.2) is 29.2 Å². The van der Waals surface area contributed by atoms with Gasteiger partial charge < -0.3 is 5.11 Å². The first-order valence-electron chi connectivity index (χ1n) is 6.20. The fraction of sp³-hybridized carbons (Fsp3) is 0.500. The van der Waals surface area contributed by atoms with Gasteiger partial charge in [-0.3, -0.25) is 10.1 Å². The summed E-state index contributed by atoms with van der Waals surface area (Å²) in [6.45, 7) is 0.255. The third-order valence-corrected chi connectivity index (χ3v) is 5.35. The molecule has 1 aliphatic rings. The minimum atomic E-state index is -3.89. The largest absolute Gasteiger partial charge is 0.393 e. The molecule has 7 nitrogen and oxygen atoms in total. The van der Waals surface area contributed by atoms with Gasteiger partial charge in [-0.1, -0.05) is 12.1 Å². The number of nitro groups is 1. The average Bonchev–Trinajstić information content (AvgIpc) is 2.36. The lowest BCUT2D eigenvalue weighted by molar-refractivity contribution is -0.387. The van der Waals surface area contributed by atoms with Crippen molar-refractivity contribution >= 4 is 15.7 Å². The van der Waals surface area contributed by atoms with Crippen LogP contribution in [0.4, 0.5) is 5.69 Å². The smallest absolute Gasteiger partial charge is 0.289 e. The Morgan fingerprint density at radius 1 is 1.40 bits per heavy atom. The molecule has 20 heavy (non-hydrogen) atoms. The number of hydrogen-bond acceptors (Lipinski definition) is 5. The topological polar surface area (TPSA) is 101 Å². The zero-order valence-electron chi connectivity index (χ0n) is 11.0. The number of benzene rings is 1. The predicted molar refractivity (Wildman–Crippen MR) is 71.6 cm³/mol. The molecule has 2 rings (SSSR count). The van der Waals surface area contributed by atoms with Crippen LogP contribution in [0.25, 0.3) is 0 Å². The number of aliphatic hydroxyl groups excluding tert-OH is 1. The Hall–Kier alpha value is -1.51. The zero-order chi connectivity index (χ0) is 14.9. The van der Waals surface area contributed by atoms with Crippen LogP contribution in [0.5, 0.6) is 0 Å². The molecule has 8 heteroatoms. The monoisotopic (exact) mass is 300 g/mol. The summed E-state index contributed by atoms with van der Waals surface area (Å²) >= 11 is 0. The molecule has 1 N–H and O–H groups in total. The summed E-state index contributed by atoms with van der Waals surface area (Å²) in [5.74, 6) is 0.104. The van der Waals surface area contributed by atoms with Crippen molar-refractivity contribution in [3.05, 3.63) is 34.4 Å². The molecule has 0 aromatic heterocycles. The molecule has 1 aromatic carbocycles. The molecule has 1 aliphatic carbocycles. The van der Waals surface area contributed by atoms with Gasteiger partial charge in [-0.25, -0.2) is 12.7 Å². The lowest BCUT2D eigenvalue weighted by Crippen LogP contribution is -2.39. The Morgan fingerprint density at radius 3 is 2.55 bits per heavy atom. The van der Waals surface area contributed by atoms with E-state index in [1.165, 1.54) is 31.3 Å². The molecule has 0 atom stereocenters. The van der Waals surface area contributed by atoms with Crippen molar-refractivity contribution in [2.75, 3.05) is 13.6 Å². The van der Waals surface area contributed by atoms with Gasteiger partial charge in [0.2, 0.25) is 10.0 Å². The van der Waals surface area contributed by atoms with Crippen LogP contribution in [0.1, 0.15) is 12.8 Å². The number of nitrogens with zero attached hydrogens (tertiary/aromatic N) is 2. The van der Waals surface area contributed by atoms with Gasteiger partial charge in [-0.15, -0.1) is 0 Å². The second kappa shape index (κ2) is 5.47. The molecule has 0 spiro atoms. The molecule has 1 fully saturated rings. The Kier molecular flexibility index (Phi) is 4.07. The van der Waals surface area contributed by atoms with Crippen molar-refractivity contribution in [2.24, 2.45) is 5.92 Å². The number of nitro benzene ring substituents is 1. The number of para-hydroxylation sites is 1. The SMILES string of the molecule is CN(CC1CC(O)C1)S(=O)(=O)c1ccccc1[N+](=O)[O-]. The van der Waals surface area contributed by atoms with E-state index >= 15 is 0 Å². The molecule has 0 saturated heterocycles. The summed E-state index contributed by atoms with van der Waals surface area (Å²) < 4.78 is 25.9. The summed E-state index contributed by atoms with van der Waals surface area (Å²) in [5, 5.41) is 20.1. The molecule has 0 radical (unpaired) electrons. The van der Waals surface area contributed by atoms with E-state index in [9.17, 15) is 23.6 Å². The van der Waals surface area contributed by atoms with Gasteiger partial charge in [0.1, 0.15) is 0 Å². The van der Waals surface area contributed by atoms with Crippen molar-refractivity contribution in [3.8, 4) is 0 Å². The fourth-order valence-electron chi connectivity index (χ4n) is 2.31. The maximum atomic E-state index is 12.4. The average molecular weight is 300 g/mol. The van der Waals surface area contributed by atoms with Crippen molar-refractivity contribution in [1.29, 1.82) is 0 Å². The van der Waals surface area contributed by atoms with Crippen molar-refractivity contribution in [3.63, 3.8) is 0 Å². The predicted octanol–water partition coefficient (Wildman–Crippen LogP) is 0.986. The second-order valence-corrected chi connectivity index (χ2v) is 7.01. The quantitative estimate of drug-likeness (QED) is 0.645. The van der Waals surface area contributed by atoms with Gasteiger partial charge in [-0.2, -0.15) is 0 Å². The second-order valence-electron chi connectivity index (χ2n) is 5.00. The van der Waals surface area contributed by atoms with E-state index < -0.39 is 20.6 Å². The maximum absolute atomic E-state index is 12.4. The molecule has 0 aliphatic heterocycles. The maximum Gasteiger partial charge on any atom is 0.289 e. The van der Waals surface area contributed by atoms with Crippen LogP contribution < -0.4 is 0 Å². The minimum Gasteiger partial charge on any atom is -0.393 e. The molecular formula is C12H16N2O5S. The van der Waals surface area contributed by atoms with Gasteiger partial charge >= 0.3 is 0 Å². The van der Waals surface area contributed by atoms with Crippen LogP contribution >= 0.6 is 0 Å². The third-order valence-electron chi connectivity index (χ3n) is 3.48. The number of rotatable bonds is 5. The van der Waals surface area contributed by atoms with Crippen molar-refractivity contribution in [1.82, 2.24) is 4.31 Å². The summed E-state index contributed by atoms with van der Waals surface area (Å²) in [7, 11) is -2.49. The lowest BCUT2D eigenvalue weighted by atomic mass is 9.82. The Morgan fingerprint density at radius 2 is 2.00 bits per heavy atom. The Balaban J connectivity index is 2.23. The van der Waals surface area contributed by atoms with Crippen LogP contribution in [0, 0.1) is 16.0 Å². The highest BCUT2D eigenvalue weighted by Crippen LogP contribution is 2.31. The summed E-state index contributed by atoms with van der Waals surface area (Å²) in [5.41, 5.74) is -0.423. The molecule has 110 valence electrons. The van der Waals surface area contributed by atoms with E-state index in [4.69, 9.17) is 0 Å². The van der Waals surface area contributed by atoms with Gasteiger partial charge in [0.15, 0.2) is 4.90 Å². The molecule has 0 unspecified atom stereocenters. The van der Waals surface area contributed by atoms with Crippen molar-refractivity contribution in [2.45, 2.75) is 23.8 Å². The molecule has 0 amide bonds. The van der Waals surface area contributed by atoms with Crippen LogP contribution in [-0.4, -0.2) is 42.4 Å². The first kappa shape index (κ1) is 14.9. The standard InChI is InChI=1S/C12H16N2O5S/c1-13(8-9-6-10(15)7-9)20(18,19)12-5-3-2-4-11(12)14(16)17/h2-5,9-10,15H,6-8H2,1H3. The number of hydrogen-bond donors (Lipinski definition) is 1. The van der Waals surface area contributed by atoms with E-state index in [0.717, 1.165) is 4.31 Å². The normalized spacial score (nSPS) is 22.6. The third kappa shape index (κ3) is 2.82. The van der Waals surface area contributed by atoms with E-state index in [1.807, 2.05) is 0 Å². The van der Waals surface area contributed by atoms with Crippen molar-refractivity contribution < 1.29 is 18.4 Å². The van der Waals surface area contributed by atoms with Gasteiger partial charge in [0.05, 0.1) is 11.0 Å². The fourth-order valence-corrected chi connectivity index (χ4v) is 3.71. The van der Waals surface area contributed by atoms with Gasteiger partial charge in [-0.05, 0) is 24.8 Å². The minimum absolute atomic E-state index is 0.104. The summed E-state index contributed by atoms with van der Waals surface area (Å²) in [4.78, 5) is 9.91. The van der Waals surface area contributed by atoms with Crippen LogP contribution in [0.3, 0.4) is 0 Å². The van der Waals surface area contributed by atoms with E-state index in [1.54, 1.807) is 0 Å². The number of aliphatic hydroxyl groups is 1. The molecule has 0 bridgehead atoms. The highest BCUT2D eigenvalue weighted by molar-refractivity contribution is 7.89. The molecule has 1 saturated carbocycles. The first-order valence-corrected chi connectivity index (χ1v) is 7.64. The van der Waals surface area contributed by atoms with Gasteiger partial charge in [0, 0.05) is 19.7 Å². The molecular weight excluding hydrogens is 284 g/mol. The highest BCUT2D eigenvalue weighted by Gasteiger charge is 2.34. The molecule has 0 heterocycles.